The van der Waals surface area contributed by atoms with E-state index in [9.17, 15) is 14.7 Å². The topological polar surface area (TPSA) is 113 Å². The molecule has 1 heterocycles. The summed E-state index contributed by atoms with van der Waals surface area (Å²) >= 11 is 0. The molecule has 0 amide bonds. The first kappa shape index (κ1) is 16.3. The molecule has 0 aliphatic carbocycles. The van der Waals surface area contributed by atoms with Crippen LogP contribution in [0.4, 0.5) is 0 Å². The number of hydrogen-bond donors (Lipinski definition) is 3. The predicted molar refractivity (Wildman–Crippen MR) is 89.7 cm³/mol. The number of ether oxygens (including phenoxy) is 1. The lowest BCUT2D eigenvalue weighted by Gasteiger charge is -2.11. The molecule has 3 rings (SSSR count). The fraction of sp³-hybridized carbons (Fsp3) is 0.0556. The van der Waals surface area contributed by atoms with E-state index in [-0.39, 0.29) is 12.4 Å². The molecule has 0 aliphatic heterocycles. The second-order valence-corrected chi connectivity index (χ2v) is 5.18. The van der Waals surface area contributed by atoms with Gasteiger partial charge in [0.25, 0.3) is 5.56 Å². The van der Waals surface area contributed by atoms with Gasteiger partial charge in [-0.3, -0.25) is 4.79 Å². The number of aromatic amines is 1. The van der Waals surface area contributed by atoms with Gasteiger partial charge in [-0.25, -0.2) is 9.78 Å². The summed E-state index contributed by atoms with van der Waals surface area (Å²) < 4.78 is 5.70. The highest BCUT2D eigenvalue weighted by atomic mass is 16.5. The minimum Gasteiger partial charge on any atom is -0.501 e. The molecule has 0 aliphatic rings. The zero-order valence-electron chi connectivity index (χ0n) is 13.0. The van der Waals surface area contributed by atoms with Gasteiger partial charge in [-0.05, 0) is 12.1 Å². The SMILES string of the molecule is O=C(O)c1nc(-c2ccccc2COc2ccccc2)[nH]c(=O)c1O. The number of H-pyrrole nitrogens is 1. The molecule has 0 atom stereocenters. The summed E-state index contributed by atoms with van der Waals surface area (Å²) in [6, 6.07) is 16.2. The van der Waals surface area contributed by atoms with Crippen LogP contribution in [0.25, 0.3) is 11.4 Å². The smallest absolute Gasteiger partial charge is 0.358 e. The van der Waals surface area contributed by atoms with Crippen LogP contribution in [0.15, 0.2) is 59.4 Å². The van der Waals surface area contributed by atoms with Gasteiger partial charge in [-0.2, -0.15) is 0 Å². The lowest BCUT2D eigenvalue weighted by molar-refractivity contribution is 0.0686. The van der Waals surface area contributed by atoms with E-state index in [1.807, 2.05) is 30.3 Å². The van der Waals surface area contributed by atoms with E-state index in [1.165, 1.54) is 0 Å². The number of aromatic carboxylic acids is 1. The maximum atomic E-state index is 11.8. The van der Waals surface area contributed by atoms with Crippen LogP contribution in [0.3, 0.4) is 0 Å². The van der Waals surface area contributed by atoms with E-state index in [0.29, 0.717) is 16.9 Å². The van der Waals surface area contributed by atoms with Gasteiger partial charge in [0.05, 0.1) is 0 Å². The van der Waals surface area contributed by atoms with Crippen molar-refractivity contribution >= 4 is 5.97 Å². The average molecular weight is 338 g/mol. The van der Waals surface area contributed by atoms with Crippen LogP contribution < -0.4 is 10.3 Å². The first-order valence-corrected chi connectivity index (χ1v) is 7.39. The van der Waals surface area contributed by atoms with Crippen LogP contribution in [0.1, 0.15) is 16.1 Å². The molecule has 25 heavy (non-hydrogen) atoms. The third-order valence-corrected chi connectivity index (χ3v) is 3.51. The van der Waals surface area contributed by atoms with Gasteiger partial charge >= 0.3 is 5.97 Å². The number of nitrogens with one attached hydrogen (secondary N) is 1. The second kappa shape index (κ2) is 6.88. The van der Waals surface area contributed by atoms with Crippen molar-refractivity contribution in [2.75, 3.05) is 0 Å². The molecule has 0 radical (unpaired) electrons. The van der Waals surface area contributed by atoms with Crippen molar-refractivity contribution in [1.29, 1.82) is 0 Å². The van der Waals surface area contributed by atoms with E-state index in [4.69, 9.17) is 9.84 Å². The first-order valence-electron chi connectivity index (χ1n) is 7.39. The Labute approximate surface area is 142 Å². The van der Waals surface area contributed by atoms with Gasteiger partial charge in [0.2, 0.25) is 5.75 Å². The van der Waals surface area contributed by atoms with Gasteiger partial charge in [0.15, 0.2) is 5.69 Å². The normalized spacial score (nSPS) is 10.4. The number of hydrogen-bond acceptors (Lipinski definition) is 5. The minimum absolute atomic E-state index is 0.0486. The molecule has 3 N–H and O–H groups in total. The van der Waals surface area contributed by atoms with Crippen molar-refractivity contribution in [1.82, 2.24) is 9.97 Å². The second-order valence-electron chi connectivity index (χ2n) is 5.18. The molecule has 0 bridgehead atoms. The largest absolute Gasteiger partial charge is 0.501 e. The van der Waals surface area contributed by atoms with Gasteiger partial charge < -0.3 is 19.9 Å². The summed E-state index contributed by atoms with van der Waals surface area (Å²) in [5.74, 6) is -1.68. The maximum Gasteiger partial charge on any atom is 0.358 e. The zero-order valence-corrected chi connectivity index (χ0v) is 13.0. The summed E-state index contributed by atoms with van der Waals surface area (Å²) in [6.45, 7) is 0.202. The summed E-state index contributed by atoms with van der Waals surface area (Å²) in [6.07, 6.45) is 0. The fourth-order valence-electron chi connectivity index (χ4n) is 2.30. The summed E-state index contributed by atoms with van der Waals surface area (Å²) in [5, 5.41) is 18.6. The molecular formula is C18H14N2O5. The average Bonchev–Trinajstić information content (AvgIpc) is 2.63. The van der Waals surface area contributed by atoms with Crippen molar-refractivity contribution in [3.05, 3.63) is 76.2 Å². The number of nitrogens with zero attached hydrogens (tertiary/aromatic N) is 1. The van der Waals surface area contributed by atoms with Crippen molar-refractivity contribution in [3.8, 4) is 22.9 Å². The van der Waals surface area contributed by atoms with Crippen LogP contribution in [0.2, 0.25) is 0 Å². The van der Waals surface area contributed by atoms with Crippen LogP contribution >= 0.6 is 0 Å². The number of rotatable bonds is 5. The molecule has 126 valence electrons. The monoisotopic (exact) mass is 338 g/mol. The number of aromatic nitrogens is 2. The lowest BCUT2D eigenvalue weighted by atomic mass is 10.1. The number of aromatic hydroxyl groups is 1. The molecule has 0 unspecified atom stereocenters. The van der Waals surface area contributed by atoms with Crippen molar-refractivity contribution in [3.63, 3.8) is 0 Å². The highest BCUT2D eigenvalue weighted by molar-refractivity contribution is 5.88. The Morgan fingerprint density at radius 2 is 1.76 bits per heavy atom. The van der Waals surface area contributed by atoms with E-state index < -0.39 is 23.0 Å². The third kappa shape index (κ3) is 3.50. The highest BCUT2D eigenvalue weighted by Crippen LogP contribution is 2.23. The van der Waals surface area contributed by atoms with E-state index in [1.54, 1.807) is 24.3 Å². The predicted octanol–water partition coefficient (Wildman–Crippen LogP) is 2.42. The lowest BCUT2D eigenvalue weighted by Crippen LogP contribution is -2.15. The van der Waals surface area contributed by atoms with E-state index in [2.05, 4.69) is 9.97 Å². The highest BCUT2D eigenvalue weighted by Gasteiger charge is 2.18. The quantitative estimate of drug-likeness (QED) is 0.658. The van der Waals surface area contributed by atoms with Crippen LogP contribution in [0, 0.1) is 0 Å². The minimum atomic E-state index is -1.48. The van der Waals surface area contributed by atoms with Crippen molar-refractivity contribution < 1.29 is 19.7 Å². The molecule has 0 saturated heterocycles. The van der Waals surface area contributed by atoms with Crippen molar-refractivity contribution in [2.24, 2.45) is 0 Å². The van der Waals surface area contributed by atoms with Gasteiger partial charge in [-0.1, -0.05) is 42.5 Å². The number of carbonyl (C=O) groups is 1. The van der Waals surface area contributed by atoms with Gasteiger partial charge in [0, 0.05) is 11.1 Å². The summed E-state index contributed by atoms with van der Waals surface area (Å²) in [7, 11) is 0. The molecular weight excluding hydrogens is 324 g/mol. The van der Waals surface area contributed by atoms with E-state index in [0.717, 1.165) is 0 Å². The molecule has 0 spiro atoms. The number of benzene rings is 2. The molecule has 1 aromatic heterocycles. The standard InChI is InChI=1S/C18H14N2O5/c21-15-14(18(23)24)19-16(20-17(15)22)13-9-5-4-6-11(13)10-25-12-7-2-1-3-8-12/h1-9,21H,10H2,(H,23,24)(H,19,20,22). The zero-order chi connectivity index (χ0) is 17.8. The molecule has 7 heteroatoms. The molecule has 0 saturated carbocycles. The number of para-hydroxylation sites is 1. The Hall–Kier alpha value is -3.61. The fourth-order valence-corrected chi connectivity index (χ4v) is 2.30. The van der Waals surface area contributed by atoms with E-state index >= 15 is 0 Å². The van der Waals surface area contributed by atoms with Crippen LogP contribution in [-0.2, 0) is 6.61 Å². The molecule has 0 fully saturated rings. The van der Waals surface area contributed by atoms with Crippen LogP contribution in [-0.4, -0.2) is 26.2 Å². The Morgan fingerprint density at radius 1 is 1.08 bits per heavy atom. The number of carboxylic acids is 1. The van der Waals surface area contributed by atoms with Gasteiger partial charge in [0.1, 0.15) is 18.2 Å². The Kier molecular flexibility index (Phi) is 4.47. The van der Waals surface area contributed by atoms with Crippen molar-refractivity contribution in [2.45, 2.75) is 6.61 Å². The maximum absolute atomic E-state index is 11.8. The Balaban J connectivity index is 1.98. The Morgan fingerprint density at radius 3 is 2.48 bits per heavy atom. The van der Waals surface area contributed by atoms with Gasteiger partial charge in [-0.15, -0.1) is 0 Å². The number of carboxylic acid groups (broad SMARTS) is 1. The molecule has 3 aromatic rings. The first-order chi connectivity index (χ1) is 12.1. The molecule has 2 aromatic carbocycles. The summed E-state index contributed by atoms with van der Waals surface area (Å²) in [4.78, 5) is 29.2. The Bertz CT molecular complexity index is 967. The summed E-state index contributed by atoms with van der Waals surface area (Å²) in [5.41, 5.74) is -0.395. The van der Waals surface area contributed by atoms with Crippen LogP contribution in [0.5, 0.6) is 11.5 Å². The molecule has 7 nitrogen and oxygen atoms in total. The third-order valence-electron chi connectivity index (χ3n) is 3.51.